The van der Waals surface area contributed by atoms with Gasteiger partial charge in [0, 0.05) is 0 Å². The van der Waals surface area contributed by atoms with Crippen LogP contribution >= 0.6 is 0 Å². The van der Waals surface area contributed by atoms with E-state index in [-0.39, 0.29) is 6.54 Å². The van der Waals surface area contributed by atoms with Crippen LogP contribution in [-0.4, -0.2) is 70.1 Å². The molecule has 0 aromatic carbocycles. The van der Waals surface area contributed by atoms with Crippen LogP contribution in [0.25, 0.3) is 0 Å². The smallest absolute Gasteiger partial charge is 0.131 e. The Morgan fingerprint density at radius 3 is 1.85 bits per heavy atom. The molecular weight excluding hydrogens is 178 g/mol. The summed E-state index contributed by atoms with van der Waals surface area (Å²) in [6.45, 7) is -0.433. The van der Waals surface area contributed by atoms with Crippen molar-refractivity contribution in [2.45, 2.75) is 24.4 Å². The first-order valence-electron chi connectivity index (χ1n) is 4.15. The molecule has 0 unspecified atom stereocenters. The summed E-state index contributed by atoms with van der Waals surface area (Å²) in [5.74, 6) is 0. The van der Waals surface area contributed by atoms with Crippen molar-refractivity contribution in [3.05, 3.63) is 0 Å². The van der Waals surface area contributed by atoms with E-state index in [1.165, 1.54) is 0 Å². The van der Waals surface area contributed by atoms with Crippen LogP contribution in [0, 0.1) is 0 Å². The van der Waals surface area contributed by atoms with Crippen LogP contribution in [0.5, 0.6) is 0 Å². The highest BCUT2D eigenvalue weighted by atomic mass is 16.4. The van der Waals surface area contributed by atoms with Gasteiger partial charge in [0.15, 0.2) is 0 Å². The van der Waals surface area contributed by atoms with Crippen molar-refractivity contribution in [1.82, 2.24) is 0 Å². The number of likely N-dealkylation sites (N-methyl/N-ethyl adjacent to an activating group) is 1. The molecule has 0 aromatic heterocycles. The van der Waals surface area contributed by atoms with Gasteiger partial charge in [-0.25, -0.2) is 0 Å². The molecule has 80 valence electrons. The fourth-order valence-corrected chi connectivity index (χ4v) is 0.944. The lowest BCUT2D eigenvalue weighted by Crippen LogP contribution is -2.83. The molecule has 0 saturated heterocycles. The van der Waals surface area contributed by atoms with Crippen LogP contribution in [0.3, 0.4) is 0 Å². The third kappa shape index (κ3) is 3.99. The van der Waals surface area contributed by atoms with Gasteiger partial charge < -0.3 is 30.8 Å². The molecule has 13 heavy (non-hydrogen) atoms. The standard InChI is InChI=1S/C7H17NO5/c1-8-2-4(10)6(12)7(13)5(11)3-9/h4-13H,2-3H2,1H3/p+1/t4-,5-,6+,7+/m1/s1. The Morgan fingerprint density at radius 1 is 1.00 bits per heavy atom. The van der Waals surface area contributed by atoms with Crippen LogP contribution in [-0.2, 0) is 0 Å². The summed E-state index contributed by atoms with van der Waals surface area (Å²) >= 11 is 0. The van der Waals surface area contributed by atoms with Gasteiger partial charge in [0.25, 0.3) is 0 Å². The SMILES string of the molecule is C[NH2+]C[C@@H](O)[C@H](O)[C@@H](O)[C@H](O)CO. The summed E-state index contributed by atoms with van der Waals surface area (Å²) in [6.07, 6.45) is -5.53. The second-order valence-corrected chi connectivity index (χ2v) is 2.94. The van der Waals surface area contributed by atoms with Crippen molar-refractivity contribution in [2.75, 3.05) is 20.2 Å². The molecule has 0 saturated carbocycles. The Bertz CT molecular complexity index is 134. The molecule has 0 aliphatic heterocycles. The maximum absolute atomic E-state index is 9.23. The normalized spacial score (nSPS) is 20.8. The zero-order chi connectivity index (χ0) is 10.4. The summed E-state index contributed by atoms with van der Waals surface area (Å²) in [6, 6.07) is 0. The first kappa shape index (κ1) is 12.8. The topological polar surface area (TPSA) is 118 Å². The van der Waals surface area contributed by atoms with Crippen molar-refractivity contribution in [2.24, 2.45) is 0 Å². The monoisotopic (exact) mass is 196 g/mol. The van der Waals surface area contributed by atoms with Crippen molar-refractivity contribution in [3.63, 3.8) is 0 Å². The molecule has 0 heterocycles. The van der Waals surface area contributed by atoms with Crippen molar-refractivity contribution in [3.8, 4) is 0 Å². The molecule has 4 atom stereocenters. The van der Waals surface area contributed by atoms with E-state index < -0.39 is 31.0 Å². The molecule has 0 aliphatic rings. The van der Waals surface area contributed by atoms with Gasteiger partial charge in [-0.05, 0) is 0 Å². The predicted molar refractivity (Wildman–Crippen MR) is 43.8 cm³/mol. The van der Waals surface area contributed by atoms with Gasteiger partial charge in [-0.2, -0.15) is 0 Å². The number of quaternary nitrogens is 1. The molecule has 7 N–H and O–H groups in total. The van der Waals surface area contributed by atoms with E-state index >= 15 is 0 Å². The average molecular weight is 196 g/mol. The Labute approximate surface area is 76.4 Å². The highest BCUT2D eigenvalue weighted by molar-refractivity contribution is 4.79. The Kier molecular flexibility index (Phi) is 6.13. The second-order valence-electron chi connectivity index (χ2n) is 2.94. The highest BCUT2D eigenvalue weighted by Gasteiger charge is 2.30. The number of nitrogens with two attached hydrogens (primary N) is 1. The lowest BCUT2D eigenvalue weighted by Gasteiger charge is -2.24. The summed E-state index contributed by atoms with van der Waals surface area (Å²) in [4.78, 5) is 0. The van der Waals surface area contributed by atoms with Crippen LogP contribution in [0.1, 0.15) is 0 Å². The largest absolute Gasteiger partial charge is 0.394 e. The Hall–Kier alpha value is -0.240. The maximum atomic E-state index is 9.23. The zero-order valence-electron chi connectivity index (χ0n) is 7.54. The lowest BCUT2D eigenvalue weighted by molar-refractivity contribution is -0.635. The fraction of sp³-hybridized carbons (Fsp3) is 1.00. The molecule has 0 rings (SSSR count). The molecule has 0 amide bonds. The van der Waals surface area contributed by atoms with E-state index in [1.54, 1.807) is 12.4 Å². The Balaban J connectivity index is 3.99. The van der Waals surface area contributed by atoms with Crippen LogP contribution in [0.15, 0.2) is 0 Å². The van der Waals surface area contributed by atoms with E-state index in [2.05, 4.69) is 0 Å². The summed E-state index contributed by atoms with van der Waals surface area (Å²) in [7, 11) is 1.70. The van der Waals surface area contributed by atoms with Gasteiger partial charge in [-0.1, -0.05) is 0 Å². The van der Waals surface area contributed by atoms with Crippen molar-refractivity contribution >= 4 is 0 Å². The number of aliphatic hydroxyl groups is 5. The van der Waals surface area contributed by atoms with E-state index in [1.807, 2.05) is 0 Å². The molecule has 6 heteroatoms. The summed E-state index contributed by atoms with van der Waals surface area (Å²) < 4.78 is 0. The number of rotatable bonds is 6. The van der Waals surface area contributed by atoms with Crippen LogP contribution in [0.4, 0.5) is 0 Å². The second kappa shape index (κ2) is 6.25. The third-order valence-corrected chi connectivity index (χ3v) is 1.80. The van der Waals surface area contributed by atoms with Crippen molar-refractivity contribution < 1.29 is 30.8 Å². The summed E-state index contributed by atoms with van der Waals surface area (Å²) in [5, 5.41) is 46.6. The average Bonchev–Trinajstić information content (AvgIpc) is 2.14. The van der Waals surface area contributed by atoms with E-state index in [9.17, 15) is 10.2 Å². The van der Waals surface area contributed by atoms with Crippen LogP contribution in [0.2, 0.25) is 0 Å². The number of hydrogen-bond acceptors (Lipinski definition) is 5. The van der Waals surface area contributed by atoms with Gasteiger partial charge in [0.05, 0.1) is 13.7 Å². The lowest BCUT2D eigenvalue weighted by atomic mass is 10.0. The molecule has 0 bridgehead atoms. The predicted octanol–water partition coefficient (Wildman–Crippen LogP) is -4.38. The minimum absolute atomic E-state index is 0.219. The fourth-order valence-electron chi connectivity index (χ4n) is 0.944. The number of hydrogen-bond donors (Lipinski definition) is 6. The number of aliphatic hydroxyl groups excluding tert-OH is 5. The van der Waals surface area contributed by atoms with E-state index in [0.717, 1.165) is 0 Å². The minimum Gasteiger partial charge on any atom is -0.394 e. The molecule has 6 nitrogen and oxygen atoms in total. The zero-order valence-corrected chi connectivity index (χ0v) is 7.54. The summed E-state index contributed by atoms with van der Waals surface area (Å²) in [5.41, 5.74) is 0. The molecular formula is C7H18NO5+. The van der Waals surface area contributed by atoms with Gasteiger partial charge in [0.2, 0.25) is 0 Å². The third-order valence-electron chi connectivity index (χ3n) is 1.80. The maximum Gasteiger partial charge on any atom is 0.131 e. The Morgan fingerprint density at radius 2 is 1.46 bits per heavy atom. The minimum atomic E-state index is -1.53. The first-order valence-corrected chi connectivity index (χ1v) is 4.15. The van der Waals surface area contributed by atoms with E-state index in [4.69, 9.17) is 15.3 Å². The van der Waals surface area contributed by atoms with E-state index in [0.29, 0.717) is 0 Å². The van der Waals surface area contributed by atoms with Crippen LogP contribution < -0.4 is 5.32 Å². The van der Waals surface area contributed by atoms with Crippen molar-refractivity contribution in [1.29, 1.82) is 0 Å². The first-order chi connectivity index (χ1) is 6.04. The molecule has 0 aliphatic carbocycles. The van der Waals surface area contributed by atoms with Gasteiger partial charge in [0.1, 0.15) is 31.0 Å². The molecule has 0 radical (unpaired) electrons. The molecule has 0 fully saturated rings. The van der Waals surface area contributed by atoms with Gasteiger partial charge >= 0.3 is 0 Å². The highest BCUT2D eigenvalue weighted by Crippen LogP contribution is 2.03. The van der Waals surface area contributed by atoms with Gasteiger partial charge in [-0.15, -0.1) is 0 Å². The van der Waals surface area contributed by atoms with Gasteiger partial charge in [-0.3, -0.25) is 0 Å². The molecule has 0 spiro atoms. The molecule has 0 aromatic rings. The quantitative estimate of drug-likeness (QED) is 0.256.